The summed E-state index contributed by atoms with van der Waals surface area (Å²) in [5, 5.41) is 21.4. The second kappa shape index (κ2) is 5.43. The van der Waals surface area contributed by atoms with Crippen molar-refractivity contribution in [2.24, 2.45) is 7.05 Å². The molecule has 19 heavy (non-hydrogen) atoms. The molecule has 0 fully saturated rings. The Bertz CT molecular complexity index is 517. The van der Waals surface area contributed by atoms with Gasteiger partial charge >= 0.3 is 0 Å². The molecule has 5 N–H and O–H groups in total. The standard InChI is InChI=1S/C10H17N5O4/c1-14-8(17)6-7(13-9(14)11)15(5-12-6)10(18)19-4-2-3-16/h10,12,16,18H,2-5H2,1H3,(H2,11,13). The van der Waals surface area contributed by atoms with Crippen molar-refractivity contribution in [2.75, 3.05) is 35.8 Å². The average Bonchev–Trinajstić information content (AvgIpc) is 2.80. The Morgan fingerprint density at radius 1 is 1.63 bits per heavy atom. The maximum Gasteiger partial charge on any atom is 0.280 e. The van der Waals surface area contributed by atoms with E-state index in [9.17, 15) is 9.90 Å². The zero-order valence-electron chi connectivity index (χ0n) is 10.5. The molecule has 1 aliphatic rings. The molecular formula is C10H17N5O4. The first-order valence-electron chi connectivity index (χ1n) is 5.83. The van der Waals surface area contributed by atoms with Gasteiger partial charge in [0.1, 0.15) is 5.69 Å². The topological polar surface area (TPSA) is 126 Å². The van der Waals surface area contributed by atoms with Crippen molar-refractivity contribution in [1.82, 2.24) is 9.55 Å². The van der Waals surface area contributed by atoms with Crippen LogP contribution in [0.3, 0.4) is 0 Å². The third-order valence-electron chi connectivity index (χ3n) is 2.84. The van der Waals surface area contributed by atoms with Crippen molar-refractivity contribution in [2.45, 2.75) is 12.8 Å². The monoisotopic (exact) mass is 271 g/mol. The molecule has 1 aromatic heterocycles. The molecule has 0 bridgehead atoms. The first-order valence-corrected chi connectivity index (χ1v) is 5.83. The molecule has 1 aliphatic heterocycles. The first kappa shape index (κ1) is 13.6. The fourth-order valence-corrected chi connectivity index (χ4v) is 1.73. The van der Waals surface area contributed by atoms with Gasteiger partial charge in [0.05, 0.1) is 13.3 Å². The Kier molecular flexibility index (Phi) is 3.88. The molecule has 9 nitrogen and oxygen atoms in total. The number of nitrogens with two attached hydrogens (primary N) is 1. The van der Waals surface area contributed by atoms with E-state index in [-0.39, 0.29) is 42.9 Å². The van der Waals surface area contributed by atoms with Crippen molar-refractivity contribution in [3.8, 4) is 0 Å². The number of nitrogens with one attached hydrogen (secondary N) is 1. The summed E-state index contributed by atoms with van der Waals surface area (Å²) < 4.78 is 6.34. The van der Waals surface area contributed by atoms with Crippen LogP contribution >= 0.6 is 0 Å². The van der Waals surface area contributed by atoms with Gasteiger partial charge in [-0.15, -0.1) is 0 Å². The van der Waals surface area contributed by atoms with Crippen LogP contribution in [0.5, 0.6) is 0 Å². The van der Waals surface area contributed by atoms with Crippen molar-refractivity contribution in [1.29, 1.82) is 0 Å². The van der Waals surface area contributed by atoms with Gasteiger partial charge in [0.25, 0.3) is 5.56 Å². The predicted molar refractivity (Wildman–Crippen MR) is 68.5 cm³/mol. The molecule has 106 valence electrons. The number of aliphatic hydroxyl groups is 2. The summed E-state index contributed by atoms with van der Waals surface area (Å²) in [5.74, 6) is 0.317. The second-order valence-electron chi connectivity index (χ2n) is 4.11. The first-order chi connectivity index (χ1) is 9.06. The number of ether oxygens (including phenoxy) is 1. The van der Waals surface area contributed by atoms with Gasteiger partial charge in [-0.2, -0.15) is 4.98 Å². The molecule has 0 spiro atoms. The number of fused-ring (bicyclic) bond motifs is 1. The largest absolute Gasteiger partial charge is 0.396 e. The van der Waals surface area contributed by atoms with Gasteiger partial charge in [-0.25, -0.2) is 0 Å². The summed E-state index contributed by atoms with van der Waals surface area (Å²) in [4.78, 5) is 17.3. The number of aromatic nitrogens is 2. The highest BCUT2D eigenvalue weighted by Gasteiger charge is 2.29. The number of anilines is 3. The molecule has 0 aromatic carbocycles. The van der Waals surface area contributed by atoms with Crippen LogP contribution in [0.2, 0.25) is 0 Å². The molecule has 1 atom stereocenters. The molecule has 0 aliphatic carbocycles. The number of nitrogen functional groups attached to an aromatic ring is 1. The van der Waals surface area contributed by atoms with Crippen molar-refractivity contribution < 1.29 is 14.9 Å². The third kappa shape index (κ3) is 2.48. The van der Waals surface area contributed by atoms with Gasteiger partial charge in [-0.05, 0) is 6.42 Å². The van der Waals surface area contributed by atoms with Crippen LogP contribution in [0, 0.1) is 0 Å². The number of nitrogens with zero attached hydrogens (tertiary/aromatic N) is 3. The molecule has 0 saturated heterocycles. The van der Waals surface area contributed by atoms with E-state index in [0.717, 1.165) is 0 Å². The predicted octanol–water partition coefficient (Wildman–Crippen LogP) is -1.77. The fraction of sp³-hybridized carbons (Fsp3) is 0.600. The highest BCUT2D eigenvalue weighted by Crippen LogP contribution is 2.27. The third-order valence-corrected chi connectivity index (χ3v) is 2.84. The second-order valence-corrected chi connectivity index (χ2v) is 4.11. The zero-order valence-corrected chi connectivity index (χ0v) is 10.5. The number of hydrogen-bond donors (Lipinski definition) is 4. The summed E-state index contributed by atoms with van der Waals surface area (Å²) in [7, 11) is 1.52. The summed E-state index contributed by atoms with van der Waals surface area (Å²) in [6.45, 7) is 0.373. The Morgan fingerprint density at radius 2 is 2.37 bits per heavy atom. The Hall–Kier alpha value is -1.84. The highest BCUT2D eigenvalue weighted by molar-refractivity contribution is 5.70. The Balaban J connectivity index is 2.20. The number of aliphatic hydroxyl groups excluding tert-OH is 2. The SMILES string of the molecule is Cn1c(N)nc2c(c1=O)NCN2C(O)OCCCO. The van der Waals surface area contributed by atoms with Gasteiger partial charge in [0.2, 0.25) is 12.4 Å². The summed E-state index contributed by atoms with van der Waals surface area (Å²) in [6.07, 6.45) is -0.837. The molecule has 0 saturated carbocycles. The molecular weight excluding hydrogens is 254 g/mol. The van der Waals surface area contributed by atoms with E-state index in [1.165, 1.54) is 16.5 Å². The Labute approximate surface area is 109 Å². The van der Waals surface area contributed by atoms with Crippen LogP contribution < -0.4 is 21.5 Å². The van der Waals surface area contributed by atoms with Crippen molar-refractivity contribution >= 4 is 17.5 Å². The van der Waals surface area contributed by atoms with E-state index < -0.39 is 6.41 Å². The van der Waals surface area contributed by atoms with Gasteiger partial charge in [0.15, 0.2) is 5.82 Å². The fourth-order valence-electron chi connectivity index (χ4n) is 1.73. The molecule has 1 unspecified atom stereocenters. The number of hydrogen-bond acceptors (Lipinski definition) is 8. The van der Waals surface area contributed by atoms with Gasteiger partial charge in [-0.3, -0.25) is 14.3 Å². The lowest BCUT2D eigenvalue weighted by molar-refractivity contribution is -0.100. The summed E-state index contributed by atoms with van der Waals surface area (Å²) in [5.41, 5.74) is 5.59. The highest BCUT2D eigenvalue weighted by atomic mass is 16.6. The van der Waals surface area contributed by atoms with Crippen LogP contribution in [0.25, 0.3) is 0 Å². The minimum absolute atomic E-state index is 0.0205. The van der Waals surface area contributed by atoms with Crippen LogP contribution in [-0.2, 0) is 11.8 Å². The summed E-state index contributed by atoms with van der Waals surface area (Å²) >= 11 is 0. The zero-order chi connectivity index (χ0) is 14.0. The molecule has 2 rings (SSSR count). The molecule has 9 heteroatoms. The van der Waals surface area contributed by atoms with Crippen LogP contribution in [0.1, 0.15) is 6.42 Å². The van der Waals surface area contributed by atoms with Crippen LogP contribution in [-0.4, -0.2) is 46.1 Å². The van der Waals surface area contributed by atoms with E-state index in [0.29, 0.717) is 6.42 Å². The lowest BCUT2D eigenvalue weighted by atomic mass is 10.4. The summed E-state index contributed by atoms with van der Waals surface area (Å²) in [6, 6.07) is 0. The van der Waals surface area contributed by atoms with Crippen molar-refractivity contribution in [3.63, 3.8) is 0 Å². The quantitative estimate of drug-likeness (QED) is 0.366. The molecule has 1 aromatic rings. The lowest BCUT2D eigenvalue weighted by Gasteiger charge is -2.23. The maximum atomic E-state index is 11.9. The molecule has 2 heterocycles. The van der Waals surface area contributed by atoms with Gasteiger partial charge in [-0.1, -0.05) is 0 Å². The van der Waals surface area contributed by atoms with E-state index in [4.69, 9.17) is 15.6 Å². The van der Waals surface area contributed by atoms with Crippen LogP contribution in [0.4, 0.5) is 17.5 Å². The normalized spacial score (nSPS) is 15.2. The number of rotatable bonds is 5. The Morgan fingerprint density at radius 3 is 3.05 bits per heavy atom. The van der Waals surface area contributed by atoms with E-state index in [1.807, 2.05) is 0 Å². The molecule has 0 radical (unpaired) electrons. The smallest absolute Gasteiger partial charge is 0.280 e. The molecule has 0 amide bonds. The minimum atomic E-state index is -1.25. The van der Waals surface area contributed by atoms with Gasteiger partial charge in [0, 0.05) is 13.7 Å². The lowest BCUT2D eigenvalue weighted by Crippen LogP contribution is -2.38. The van der Waals surface area contributed by atoms with Crippen LogP contribution in [0.15, 0.2) is 4.79 Å². The maximum absolute atomic E-state index is 11.9. The van der Waals surface area contributed by atoms with E-state index in [2.05, 4.69) is 10.3 Å². The van der Waals surface area contributed by atoms with Crippen molar-refractivity contribution in [3.05, 3.63) is 10.4 Å². The van der Waals surface area contributed by atoms with Gasteiger partial charge < -0.3 is 26.0 Å². The average molecular weight is 271 g/mol. The minimum Gasteiger partial charge on any atom is -0.396 e. The van der Waals surface area contributed by atoms with E-state index in [1.54, 1.807) is 0 Å². The van der Waals surface area contributed by atoms with E-state index >= 15 is 0 Å².